The Kier molecular flexibility index (Phi) is 39.5. The van der Waals surface area contributed by atoms with Gasteiger partial charge in [-0.3, -0.25) is 4.79 Å². The first-order valence-corrected chi connectivity index (χ1v) is 27.6. The second-order valence-corrected chi connectivity index (χ2v) is 19.0. The van der Waals surface area contributed by atoms with Crippen LogP contribution in [0.3, 0.4) is 0 Å². The molecule has 0 aliphatic carbocycles. The van der Waals surface area contributed by atoms with Crippen LogP contribution in [0.25, 0.3) is 0 Å². The smallest absolute Gasteiger partial charge is 0.220 e. The maximum atomic E-state index is 13.2. The Balaban J connectivity index is 1.81. The van der Waals surface area contributed by atoms with Crippen molar-refractivity contribution in [2.24, 2.45) is 0 Å². The number of nitrogens with one attached hydrogen (secondary N) is 1. The molecule has 12 atom stereocenters. The summed E-state index contributed by atoms with van der Waals surface area (Å²) < 4.78 is 22.7. The van der Waals surface area contributed by atoms with Crippen LogP contribution in [0.15, 0.2) is 109 Å². The lowest BCUT2D eigenvalue weighted by molar-refractivity contribution is -0.359. The third-order valence-corrected chi connectivity index (χ3v) is 12.7. The highest BCUT2D eigenvalue weighted by molar-refractivity contribution is 5.76. The molecule has 0 aromatic rings. The quantitative estimate of drug-likeness (QED) is 0.0207. The van der Waals surface area contributed by atoms with E-state index in [9.17, 15) is 45.6 Å². The maximum Gasteiger partial charge on any atom is 0.220 e. The Bertz CT molecular complexity index is 1640. The molecule has 0 saturated carbocycles. The number of amides is 1. The minimum Gasteiger partial charge on any atom is -0.394 e. The van der Waals surface area contributed by atoms with Gasteiger partial charge in [0.15, 0.2) is 12.6 Å². The van der Waals surface area contributed by atoms with Gasteiger partial charge in [-0.15, -0.1) is 0 Å². The molecule has 73 heavy (non-hydrogen) atoms. The summed E-state index contributed by atoms with van der Waals surface area (Å²) in [5, 5.41) is 86.8. The van der Waals surface area contributed by atoms with Gasteiger partial charge in [-0.2, -0.15) is 0 Å². The molecule has 2 fully saturated rings. The highest BCUT2D eigenvalue weighted by Crippen LogP contribution is 2.30. The lowest BCUT2D eigenvalue weighted by Gasteiger charge is -2.46. The molecule has 1 amide bonds. The number of carbonyl (C=O) groups excluding carboxylic acids is 1. The number of aliphatic hydroxyl groups excluding tert-OH is 8. The minimum absolute atomic E-state index is 0.245. The van der Waals surface area contributed by atoms with E-state index >= 15 is 0 Å². The van der Waals surface area contributed by atoms with Gasteiger partial charge in [0.1, 0.15) is 48.8 Å². The average molecular weight is 1030 g/mol. The van der Waals surface area contributed by atoms with Gasteiger partial charge in [0.2, 0.25) is 5.91 Å². The molecular weight excluding hydrogens is 931 g/mol. The number of hydrogen-bond acceptors (Lipinski definition) is 13. The van der Waals surface area contributed by atoms with E-state index < -0.39 is 86.8 Å². The summed E-state index contributed by atoms with van der Waals surface area (Å²) in [6, 6.07) is -0.953. The molecule has 12 unspecified atom stereocenters. The van der Waals surface area contributed by atoms with Crippen LogP contribution >= 0.6 is 0 Å². The summed E-state index contributed by atoms with van der Waals surface area (Å²) in [7, 11) is 0. The van der Waals surface area contributed by atoms with Crippen LogP contribution in [0, 0.1) is 0 Å². The standard InChI is InChI=1S/C59H97NO13/c1-3-5-7-9-11-13-15-17-19-20-21-22-23-24-25-26-27-28-29-31-33-35-37-39-41-43-51(64)60-47(48(63)42-40-38-36-34-32-30-18-16-14-12-10-8-6-4-2)46-70-58-56(69)54(67)57(50(45-62)72-58)73-59-55(68)53(66)52(65)49(44-61)71-59/h5,7,11,13-14,16-17,19,21-22,24-25,27-28,32,34,40,42,47-50,52-59,61-63,65-69H,3-4,6,8-10,12,15,18,20,23,26,29-31,33,35-39,41,43-46H2,1-2H3,(H,60,64)/b7-5-,13-11-,16-14+,19-17-,22-21-,25-24-,28-27-,34-32+,42-40+. The van der Waals surface area contributed by atoms with Gasteiger partial charge >= 0.3 is 0 Å². The van der Waals surface area contributed by atoms with Gasteiger partial charge in [-0.25, -0.2) is 0 Å². The molecule has 0 spiro atoms. The molecule has 0 bridgehead atoms. The van der Waals surface area contributed by atoms with Crippen LogP contribution < -0.4 is 5.32 Å². The van der Waals surface area contributed by atoms with Gasteiger partial charge in [-0.05, 0) is 96.3 Å². The molecule has 14 heteroatoms. The topological polar surface area (TPSA) is 228 Å². The predicted molar refractivity (Wildman–Crippen MR) is 290 cm³/mol. The van der Waals surface area contributed by atoms with E-state index in [1.165, 1.54) is 25.7 Å². The molecule has 0 radical (unpaired) electrons. The lowest BCUT2D eigenvalue weighted by atomic mass is 9.97. The Hall–Kier alpha value is -3.35. The summed E-state index contributed by atoms with van der Waals surface area (Å²) in [4.78, 5) is 13.2. The van der Waals surface area contributed by atoms with E-state index in [0.29, 0.717) is 12.8 Å². The van der Waals surface area contributed by atoms with Crippen LogP contribution in [-0.4, -0.2) is 140 Å². The summed E-state index contributed by atoms with van der Waals surface area (Å²) in [5.41, 5.74) is 0. The van der Waals surface area contributed by atoms with Crippen LogP contribution in [0.5, 0.6) is 0 Å². The Morgan fingerprint density at radius 1 is 0.507 bits per heavy atom. The molecule has 2 aliphatic heterocycles. The number of hydrogen-bond donors (Lipinski definition) is 9. The van der Waals surface area contributed by atoms with Gasteiger partial charge in [0.25, 0.3) is 0 Å². The highest BCUT2D eigenvalue weighted by Gasteiger charge is 2.51. The molecular formula is C59H97NO13. The molecule has 0 aromatic heterocycles. The van der Waals surface area contributed by atoms with E-state index in [0.717, 1.165) is 103 Å². The van der Waals surface area contributed by atoms with Crippen molar-refractivity contribution in [2.45, 2.75) is 235 Å². The second kappa shape index (κ2) is 43.8. The van der Waals surface area contributed by atoms with Crippen molar-refractivity contribution in [1.82, 2.24) is 5.32 Å². The van der Waals surface area contributed by atoms with Crippen molar-refractivity contribution in [2.75, 3.05) is 19.8 Å². The van der Waals surface area contributed by atoms with Crippen LogP contribution in [0.2, 0.25) is 0 Å². The number of rotatable bonds is 41. The van der Waals surface area contributed by atoms with Crippen molar-refractivity contribution in [3.05, 3.63) is 109 Å². The van der Waals surface area contributed by atoms with Crippen molar-refractivity contribution in [1.29, 1.82) is 0 Å². The minimum atomic E-state index is -1.80. The van der Waals surface area contributed by atoms with Crippen molar-refractivity contribution < 1.29 is 64.6 Å². The number of unbranched alkanes of at least 4 members (excludes halogenated alkanes) is 12. The predicted octanol–water partition coefficient (Wildman–Crippen LogP) is 8.49. The molecule has 2 saturated heterocycles. The van der Waals surface area contributed by atoms with Crippen molar-refractivity contribution >= 4 is 5.91 Å². The van der Waals surface area contributed by atoms with Gasteiger partial charge in [0.05, 0.1) is 32.0 Å². The number of carbonyl (C=O) groups is 1. The van der Waals surface area contributed by atoms with E-state index in [2.05, 4.69) is 116 Å². The molecule has 9 N–H and O–H groups in total. The number of aliphatic hydroxyl groups is 8. The Morgan fingerprint density at radius 2 is 0.959 bits per heavy atom. The molecule has 14 nitrogen and oxygen atoms in total. The fourth-order valence-corrected chi connectivity index (χ4v) is 8.21. The van der Waals surface area contributed by atoms with Crippen LogP contribution in [-0.2, 0) is 23.7 Å². The second-order valence-electron chi connectivity index (χ2n) is 19.0. The largest absolute Gasteiger partial charge is 0.394 e. The van der Waals surface area contributed by atoms with E-state index in [1.807, 2.05) is 6.08 Å². The lowest BCUT2D eigenvalue weighted by Crippen LogP contribution is -2.65. The summed E-state index contributed by atoms with van der Waals surface area (Å²) in [6.45, 7) is 2.59. The number of allylic oxidation sites excluding steroid dienone is 17. The summed E-state index contributed by atoms with van der Waals surface area (Å²) in [6.07, 6.45) is 44.1. The van der Waals surface area contributed by atoms with Crippen molar-refractivity contribution in [3.63, 3.8) is 0 Å². The first kappa shape index (κ1) is 65.8. The van der Waals surface area contributed by atoms with Crippen LogP contribution in [0.1, 0.15) is 162 Å². The fraction of sp³-hybridized carbons (Fsp3) is 0.678. The monoisotopic (exact) mass is 1030 g/mol. The molecule has 2 rings (SSSR count). The molecule has 0 aromatic carbocycles. The zero-order valence-corrected chi connectivity index (χ0v) is 44.3. The third-order valence-electron chi connectivity index (χ3n) is 12.7. The fourth-order valence-electron chi connectivity index (χ4n) is 8.21. The zero-order valence-electron chi connectivity index (χ0n) is 44.3. The van der Waals surface area contributed by atoms with Gasteiger partial charge in [-0.1, -0.05) is 168 Å². The Morgan fingerprint density at radius 3 is 1.51 bits per heavy atom. The van der Waals surface area contributed by atoms with Gasteiger partial charge in [0, 0.05) is 6.42 Å². The average Bonchev–Trinajstić information content (AvgIpc) is 3.39. The highest BCUT2D eigenvalue weighted by atomic mass is 16.7. The molecule has 416 valence electrons. The maximum absolute atomic E-state index is 13.2. The first-order valence-electron chi connectivity index (χ1n) is 27.6. The van der Waals surface area contributed by atoms with Crippen LogP contribution in [0.4, 0.5) is 0 Å². The summed E-state index contributed by atoms with van der Waals surface area (Å²) in [5.74, 6) is -0.275. The van der Waals surface area contributed by atoms with E-state index in [1.54, 1.807) is 6.08 Å². The van der Waals surface area contributed by atoms with E-state index in [-0.39, 0.29) is 18.9 Å². The Labute approximate surface area is 438 Å². The normalized spacial score (nSPS) is 26.3. The zero-order chi connectivity index (χ0) is 53.2. The van der Waals surface area contributed by atoms with Crippen molar-refractivity contribution in [3.8, 4) is 0 Å². The number of ether oxygens (including phenoxy) is 4. The SMILES string of the molecule is CC/C=C\C/C=C\C/C=C\C/C=C\C/C=C\C/C=C\CCCCCCCCC(=O)NC(COC1OC(CO)C(OC2OC(CO)C(O)C(O)C2O)C(O)C1O)C(O)/C=C/CC/C=C/CC/C=C/CCCCCC. The van der Waals surface area contributed by atoms with Gasteiger partial charge < -0.3 is 65.1 Å². The first-order chi connectivity index (χ1) is 35.6. The third kappa shape index (κ3) is 30.1. The molecule has 2 aliphatic rings. The van der Waals surface area contributed by atoms with E-state index in [4.69, 9.17) is 18.9 Å². The summed E-state index contributed by atoms with van der Waals surface area (Å²) >= 11 is 0. The molecule has 2 heterocycles.